The molecule has 2 aliphatic rings. The number of hydrogen-bond donors (Lipinski definition) is 0. The number of piperidine rings is 1. The van der Waals surface area contributed by atoms with Crippen LogP contribution in [0.1, 0.15) is 28.9 Å². The Labute approximate surface area is 138 Å². The molecule has 0 atom stereocenters. The Balaban J connectivity index is 1.60. The Morgan fingerprint density at radius 3 is 2.70 bits per heavy atom. The van der Waals surface area contributed by atoms with Gasteiger partial charge in [0.05, 0.1) is 10.9 Å². The SMILES string of the molecule is CN1C(=O)C2(CCN(C(=O)c3cscn3)CC2)c2ccccc21. The van der Waals surface area contributed by atoms with Gasteiger partial charge in [-0.05, 0) is 24.5 Å². The van der Waals surface area contributed by atoms with Crippen molar-refractivity contribution in [2.24, 2.45) is 0 Å². The number of nitrogens with zero attached hydrogens (tertiary/aromatic N) is 3. The van der Waals surface area contributed by atoms with E-state index in [4.69, 9.17) is 0 Å². The van der Waals surface area contributed by atoms with Crippen molar-refractivity contribution < 1.29 is 9.59 Å². The number of likely N-dealkylation sites (N-methyl/N-ethyl adjacent to an activating group) is 1. The van der Waals surface area contributed by atoms with Crippen LogP contribution in [-0.2, 0) is 10.2 Å². The zero-order valence-electron chi connectivity index (χ0n) is 12.9. The van der Waals surface area contributed by atoms with E-state index in [0.717, 1.165) is 11.3 Å². The van der Waals surface area contributed by atoms with E-state index >= 15 is 0 Å². The third-order valence-corrected chi connectivity index (χ3v) is 5.64. The summed E-state index contributed by atoms with van der Waals surface area (Å²) in [7, 11) is 1.84. The minimum Gasteiger partial charge on any atom is -0.337 e. The maximum absolute atomic E-state index is 12.9. The first-order chi connectivity index (χ1) is 11.1. The molecule has 2 amide bonds. The Hall–Kier alpha value is -2.21. The molecule has 6 heteroatoms. The van der Waals surface area contributed by atoms with Crippen LogP contribution in [0, 0.1) is 0 Å². The van der Waals surface area contributed by atoms with Crippen molar-refractivity contribution in [2.75, 3.05) is 25.0 Å². The fourth-order valence-corrected chi connectivity index (χ4v) is 4.30. The van der Waals surface area contributed by atoms with Crippen LogP contribution in [0.4, 0.5) is 5.69 Å². The van der Waals surface area contributed by atoms with Crippen molar-refractivity contribution in [3.8, 4) is 0 Å². The molecule has 23 heavy (non-hydrogen) atoms. The van der Waals surface area contributed by atoms with Gasteiger partial charge >= 0.3 is 0 Å². The van der Waals surface area contributed by atoms with Crippen LogP contribution in [-0.4, -0.2) is 41.8 Å². The van der Waals surface area contributed by atoms with E-state index in [1.165, 1.54) is 11.3 Å². The van der Waals surface area contributed by atoms with Gasteiger partial charge in [-0.15, -0.1) is 11.3 Å². The minimum atomic E-state index is -0.468. The summed E-state index contributed by atoms with van der Waals surface area (Å²) in [4.78, 5) is 33.0. The van der Waals surface area contributed by atoms with Gasteiger partial charge in [-0.1, -0.05) is 18.2 Å². The van der Waals surface area contributed by atoms with Gasteiger partial charge in [0.1, 0.15) is 5.69 Å². The molecule has 3 heterocycles. The van der Waals surface area contributed by atoms with Crippen LogP contribution < -0.4 is 4.90 Å². The first-order valence-corrected chi connectivity index (χ1v) is 8.63. The molecule has 0 saturated carbocycles. The average Bonchev–Trinajstić information content (AvgIpc) is 3.20. The highest BCUT2D eigenvalue weighted by atomic mass is 32.1. The number of hydrogen-bond acceptors (Lipinski definition) is 4. The number of carbonyl (C=O) groups excluding carboxylic acids is 2. The molecule has 0 aliphatic carbocycles. The van der Waals surface area contributed by atoms with E-state index in [9.17, 15) is 9.59 Å². The Morgan fingerprint density at radius 2 is 2.00 bits per heavy atom. The van der Waals surface area contributed by atoms with Gasteiger partial charge < -0.3 is 9.80 Å². The summed E-state index contributed by atoms with van der Waals surface area (Å²) in [5.41, 5.74) is 3.81. The lowest BCUT2D eigenvalue weighted by molar-refractivity contribution is -0.124. The van der Waals surface area contributed by atoms with Crippen LogP contribution in [0.15, 0.2) is 35.2 Å². The molecule has 0 unspecified atom stereocenters. The van der Waals surface area contributed by atoms with Crippen molar-refractivity contribution in [2.45, 2.75) is 18.3 Å². The Morgan fingerprint density at radius 1 is 1.26 bits per heavy atom. The number of amides is 2. The van der Waals surface area contributed by atoms with Gasteiger partial charge in [-0.25, -0.2) is 4.98 Å². The second-order valence-corrected chi connectivity index (χ2v) is 6.85. The quantitative estimate of drug-likeness (QED) is 0.807. The van der Waals surface area contributed by atoms with Gasteiger partial charge in [-0.3, -0.25) is 9.59 Å². The van der Waals surface area contributed by atoms with Crippen LogP contribution >= 0.6 is 11.3 Å². The Bertz CT molecular complexity index is 764. The third-order valence-electron chi connectivity index (χ3n) is 5.05. The van der Waals surface area contributed by atoms with Crippen LogP contribution in [0.5, 0.6) is 0 Å². The fourth-order valence-electron chi connectivity index (χ4n) is 3.77. The molecular formula is C17H17N3O2S. The fraction of sp³-hybridized carbons (Fsp3) is 0.353. The van der Waals surface area contributed by atoms with Crippen molar-refractivity contribution in [3.05, 3.63) is 46.4 Å². The topological polar surface area (TPSA) is 53.5 Å². The number of benzene rings is 1. The minimum absolute atomic E-state index is 0.0341. The molecule has 1 fully saturated rings. The number of rotatable bonds is 1. The van der Waals surface area contributed by atoms with E-state index < -0.39 is 5.41 Å². The third kappa shape index (κ3) is 2.01. The molecule has 0 bridgehead atoms. The highest BCUT2D eigenvalue weighted by Crippen LogP contribution is 2.47. The number of aromatic nitrogens is 1. The highest BCUT2D eigenvalue weighted by Gasteiger charge is 2.51. The predicted molar refractivity (Wildman–Crippen MR) is 88.8 cm³/mol. The summed E-state index contributed by atoms with van der Waals surface area (Å²) in [6.07, 6.45) is 1.34. The molecular weight excluding hydrogens is 310 g/mol. The van der Waals surface area contributed by atoms with Crippen LogP contribution in [0.2, 0.25) is 0 Å². The lowest BCUT2D eigenvalue weighted by atomic mass is 9.73. The monoisotopic (exact) mass is 327 g/mol. The predicted octanol–water partition coefficient (Wildman–Crippen LogP) is 2.29. The van der Waals surface area contributed by atoms with Gasteiger partial charge in [0.2, 0.25) is 5.91 Å². The molecule has 2 aliphatic heterocycles. The summed E-state index contributed by atoms with van der Waals surface area (Å²) in [5.74, 6) is 0.118. The van der Waals surface area contributed by atoms with Gasteiger partial charge in [0, 0.05) is 31.2 Å². The smallest absolute Gasteiger partial charge is 0.273 e. The molecule has 1 spiro atoms. The van der Waals surface area contributed by atoms with Crippen LogP contribution in [0.3, 0.4) is 0 Å². The van der Waals surface area contributed by atoms with E-state index in [1.54, 1.807) is 15.8 Å². The second kappa shape index (κ2) is 5.16. The number of fused-ring (bicyclic) bond motifs is 2. The molecule has 1 aromatic heterocycles. The molecule has 0 radical (unpaired) electrons. The molecule has 0 N–H and O–H groups in total. The van der Waals surface area contributed by atoms with E-state index in [1.807, 2.05) is 30.1 Å². The maximum atomic E-state index is 12.9. The largest absolute Gasteiger partial charge is 0.337 e. The van der Waals surface area contributed by atoms with Crippen molar-refractivity contribution >= 4 is 28.8 Å². The summed E-state index contributed by atoms with van der Waals surface area (Å²) < 4.78 is 0. The summed E-state index contributed by atoms with van der Waals surface area (Å²) in [6.45, 7) is 1.18. The van der Waals surface area contributed by atoms with Crippen molar-refractivity contribution in [3.63, 3.8) is 0 Å². The van der Waals surface area contributed by atoms with Crippen molar-refractivity contribution in [1.29, 1.82) is 0 Å². The van der Waals surface area contributed by atoms with Crippen LogP contribution in [0.25, 0.3) is 0 Å². The zero-order valence-corrected chi connectivity index (χ0v) is 13.7. The lowest BCUT2D eigenvalue weighted by Crippen LogP contribution is -2.49. The first-order valence-electron chi connectivity index (χ1n) is 7.69. The number of carbonyl (C=O) groups is 2. The summed E-state index contributed by atoms with van der Waals surface area (Å²) in [5, 5.41) is 1.77. The first kappa shape index (κ1) is 14.4. The normalized spacial score (nSPS) is 19.3. The zero-order chi connectivity index (χ0) is 16.0. The van der Waals surface area contributed by atoms with E-state index in [-0.39, 0.29) is 11.8 Å². The van der Waals surface area contributed by atoms with Gasteiger partial charge in [-0.2, -0.15) is 0 Å². The molecule has 1 saturated heterocycles. The summed E-state index contributed by atoms with van der Waals surface area (Å²) in [6, 6.07) is 7.99. The standard InChI is InChI=1S/C17H17N3O2S/c1-19-14-5-3-2-4-12(14)17(16(19)22)6-8-20(9-7-17)15(21)13-10-23-11-18-13/h2-5,10-11H,6-9H2,1H3. The average molecular weight is 327 g/mol. The molecule has 2 aromatic rings. The lowest BCUT2D eigenvalue weighted by Gasteiger charge is -2.38. The van der Waals surface area contributed by atoms with E-state index in [0.29, 0.717) is 31.6 Å². The molecule has 5 nitrogen and oxygen atoms in total. The molecule has 118 valence electrons. The number of likely N-dealkylation sites (tertiary alicyclic amines) is 1. The number of anilines is 1. The molecule has 1 aromatic carbocycles. The van der Waals surface area contributed by atoms with Gasteiger partial charge in [0.25, 0.3) is 5.91 Å². The molecule has 4 rings (SSSR count). The maximum Gasteiger partial charge on any atom is 0.273 e. The second-order valence-electron chi connectivity index (χ2n) is 6.13. The number of thiazole rings is 1. The van der Waals surface area contributed by atoms with Crippen molar-refractivity contribution in [1.82, 2.24) is 9.88 Å². The van der Waals surface area contributed by atoms with E-state index in [2.05, 4.69) is 11.1 Å². The highest BCUT2D eigenvalue weighted by molar-refractivity contribution is 7.07. The van der Waals surface area contributed by atoms with Gasteiger partial charge in [0.15, 0.2) is 0 Å². The summed E-state index contributed by atoms with van der Waals surface area (Å²) >= 11 is 1.42. The number of para-hydroxylation sites is 1. The Kier molecular flexibility index (Phi) is 3.23.